The van der Waals surface area contributed by atoms with E-state index in [1.165, 1.54) is 11.0 Å². The molecule has 0 spiro atoms. The highest BCUT2D eigenvalue weighted by Crippen LogP contribution is 2.30. The lowest BCUT2D eigenvalue weighted by molar-refractivity contribution is -0.385. The van der Waals surface area contributed by atoms with Crippen molar-refractivity contribution in [3.8, 4) is 0 Å². The summed E-state index contributed by atoms with van der Waals surface area (Å²) >= 11 is 0. The number of aryl methyl sites for hydroxylation is 2. The Morgan fingerprint density at radius 2 is 1.97 bits per heavy atom. The maximum absolute atomic E-state index is 13.4. The van der Waals surface area contributed by atoms with Crippen LogP contribution >= 0.6 is 0 Å². The average molecular weight is 450 g/mol. The number of hydrogen-bond acceptors (Lipinski definition) is 5. The molecule has 1 aliphatic carbocycles. The number of benzene rings is 1. The van der Waals surface area contributed by atoms with E-state index in [0.717, 1.165) is 18.5 Å². The van der Waals surface area contributed by atoms with Gasteiger partial charge < -0.3 is 18.8 Å². The number of aromatic nitrogens is 1. The molecule has 0 aliphatic heterocycles. The molecule has 0 saturated heterocycles. The summed E-state index contributed by atoms with van der Waals surface area (Å²) in [6.45, 7) is 2.17. The van der Waals surface area contributed by atoms with Crippen molar-refractivity contribution in [2.75, 3.05) is 6.54 Å². The highest BCUT2D eigenvalue weighted by molar-refractivity contribution is 5.97. The molecule has 0 bridgehead atoms. The monoisotopic (exact) mass is 450 g/mol. The van der Waals surface area contributed by atoms with Crippen molar-refractivity contribution in [3.63, 3.8) is 0 Å². The fraction of sp³-hybridized carbons (Fsp3) is 0.333. The van der Waals surface area contributed by atoms with E-state index >= 15 is 0 Å². The first-order chi connectivity index (χ1) is 15.8. The first-order valence-electron chi connectivity index (χ1n) is 10.8. The van der Waals surface area contributed by atoms with E-state index in [1.54, 1.807) is 42.4 Å². The number of amides is 2. The summed E-state index contributed by atoms with van der Waals surface area (Å²) < 4.78 is 7.39. The zero-order valence-electron chi connectivity index (χ0n) is 18.6. The zero-order chi connectivity index (χ0) is 23.5. The molecule has 1 aliphatic rings. The third kappa shape index (κ3) is 5.14. The van der Waals surface area contributed by atoms with Gasteiger partial charge in [0.1, 0.15) is 12.3 Å². The standard InChI is InChI=1S/C24H26N4O5/c1-17-7-8-18(13-22(17)28(31)32)24(30)27(19-9-10-19)16-23(29)26(15-21-6-4-12-33-21)14-20-5-3-11-25(20)2/h3-8,11-13,19H,9-10,14-16H2,1-2H3. The summed E-state index contributed by atoms with van der Waals surface area (Å²) in [5, 5.41) is 11.3. The van der Waals surface area contributed by atoms with Crippen molar-refractivity contribution >= 4 is 17.5 Å². The van der Waals surface area contributed by atoms with E-state index < -0.39 is 4.92 Å². The molecule has 1 saturated carbocycles. The van der Waals surface area contributed by atoms with Crippen LogP contribution < -0.4 is 0 Å². The van der Waals surface area contributed by atoms with Crippen molar-refractivity contribution in [3.05, 3.63) is 87.6 Å². The quantitative estimate of drug-likeness (QED) is 0.366. The van der Waals surface area contributed by atoms with Gasteiger partial charge in [0.05, 0.1) is 24.3 Å². The second-order valence-corrected chi connectivity index (χ2v) is 8.36. The lowest BCUT2D eigenvalue weighted by Gasteiger charge is -2.27. The Balaban J connectivity index is 1.55. The molecule has 33 heavy (non-hydrogen) atoms. The Morgan fingerprint density at radius 1 is 1.18 bits per heavy atom. The van der Waals surface area contributed by atoms with Crippen molar-refractivity contribution in [1.29, 1.82) is 0 Å². The molecular weight excluding hydrogens is 424 g/mol. The molecule has 0 N–H and O–H groups in total. The highest BCUT2D eigenvalue weighted by atomic mass is 16.6. The number of furan rings is 1. The van der Waals surface area contributed by atoms with Gasteiger partial charge in [-0.05, 0) is 50.1 Å². The van der Waals surface area contributed by atoms with Crippen LogP contribution in [-0.4, -0.2) is 43.7 Å². The molecule has 2 heterocycles. The van der Waals surface area contributed by atoms with Gasteiger partial charge in [-0.1, -0.05) is 6.07 Å². The predicted molar refractivity (Wildman–Crippen MR) is 120 cm³/mol. The maximum atomic E-state index is 13.4. The number of carbonyl (C=O) groups is 2. The van der Waals surface area contributed by atoms with Gasteiger partial charge >= 0.3 is 0 Å². The lowest BCUT2D eigenvalue weighted by Crippen LogP contribution is -2.43. The number of carbonyl (C=O) groups excluding carboxylic acids is 2. The second kappa shape index (κ2) is 9.32. The smallest absolute Gasteiger partial charge is 0.273 e. The Kier molecular flexibility index (Phi) is 6.30. The normalized spacial score (nSPS) is 13.0. The second-order valence-electron chi connectivity index (χ2n) is 8.36. The zero-order valence-corrected chi connectivity index (χ0v) is 18.6. The Labute approximate surface area is 191 Å². The minimum Gasteiger partial charge on any atom is -0.467 e. The molecule has 1 aromatic carbocycles. The van der Waals surface area contributed by atoms with Crippen LogP contribution in [0.15, 0.2) is 59.3 Å². The van der Waals surface area contributed by atoms with Crippen LogP contribution in [0.4, 0.5) is 5.69 Å². The maximum Gasteiger partial charge on any atom is 0.273 e. The molecule has 3 aromatic rings. The van der Waals surface area contributed by atoms with E-state index in [0.29, 0.717) is 17.9 Å². The molecule has 0 radical (unpaired) electrons. The largest absolute Gasteiger partial charge is 0.467 e. The summed E-state index contributed by atoms with van der Waals surface area (Å²) in [6.07, 6.45) is 5.09. The summed E-state index contributed by atoms with van der Waals surface area (Å²) in [5.74, 6) is 0.0660. The Hall–Kier alpha value is -3.88. The summed E-state index contributed by atoms with van der Waals surface area (Å²) in [6, 6.07) is 11.8. The van der Waals surface area contributed by atoms with E-state index in [1.807, 2.05) is 29.9 Å². The average Bonchev–Trinajstić information content (AvgIpc) is 3.35. The molecule has 1 fully saturated rings. The van der Waals surface area contributed by atoms with Gasteiger partial charge in [0.2, 0.25) is 5.91 Å². The molecule has 0 atom stereocenters. The molecule has 2 aromatic heterocycles. The number of nitro groups is 1. The van der Waals surface area contributed by atoms with Crippen molar-refractivity contribution in [2.45, 2.75) is 38.9 Å². The number of nitrogens with zero attached hydrogens (tertiary/aromatic N) is 4. The van der Waals surface area contributed by atoms with E-state index in [2.05, 4.69) is 0 Å². The SMILES string of the molecule is Cc1ccc(C(=O)N(CC(=O)N(Cc2ccco2)Cc2cccn2C)C2CC2)cc1[N+](=O)[O-]. The van der Waals surface area contributed by atoms with Crippen LogP contribution in [0.1, 0.15) is 40.2 Å². The van der Waals surface area contributed by atoms with Gasteiger partial charge in [0, 0.05) is 42.2 Å². The van der Waals surface area contributed by atoms with Crippen molar-refractivity contribution in [1.82, 2.24) is 14.4 Å². The third-order valence-corrected chi connectivity index (χ3v) is 5.89. The summed E-state index contributed by atoms with van der Waals surface area (Å²) in [7, 11) is 1.91. The van der Waals surface area contributed by atoms with Crippen molar-refractivity contribution in [2.24, 2.45) is 7.05 Å². The van der Waals surface area contributed by atoms with Gasteiger partial charge in [-0.25, -0.2) is 0 Å². The fourth-order valence-corrected chi connectivity index (χ4v) is 3.78. The molecule has 2 amide bonds. The minimum atomic E-state index is -0.496. The van der Waals surface area contributed by atoms with Gasteiger partial charge in [-0.15, -0.1) is 0 Å². The van der Waals surface area contributed by atoms with Gasteiger partial charge in [-0.2, -0.15) is 0 Å². The summed E-state index contributed by atoms with van der Waals surface area (Å²) in [5.41, 5.74) is 1.55. The van der Waals surface area contributed by atoms with Crippen LogP contribution in [0.5, 0.6) is 0 Å². The van der Waals surface area contributed by atoms with Gasteiger partial charge in [0.15, 0.2) is 0 Å². The number of rotatable bonds is 9. The highest BCUT2D eigenvalue weighted by Gasteiger charge is 2.36. The van der Waals surface area contributed by atoms with Crippen LogP contribution in [0, 0.1) is 17.0 Å². The number of hydrogen-bond donors (Lipinski definition) is 0. The Morgan fingerprint density at radius 3 is 2.58 bits per heavy atom. The van der Waals surface area contributed by atoms with Crippen molar-refractivity contribution < 1.29 is 18.9 Å². The first-order valence-corrected chi connectivity index (χ1v) is 10.8. The predicted octanol–water partition coefficient (Wildman–Crippen LogP) is 3.67. The first kappa shape index (κ1) is 22.3. The van der Waals surface area contributed by atoms with Crippen LogP contribution in [0.3, 0.4) is 0 Å². The van der Waals surface area contributed by atoms with Gasteiger partial charge in [0.25, 0.3) is 11.6 Å². The van der Waals surface area contributed by atoms with E-state index in [9.17, 15) is 19.7 Å². The molecular formula is C24H26N4O5. The van der Waals surface area contributed by atoms with E-state index in [4.69, 9.17) is 4.42 Å². The molecule has 172 valence electrons. The van der Waals surface area contributed by atoms with Gasteiger partial charge in [-0.3, -0.25) is 19.7 Å². The third-order valence-electron chi connectivity index (χ3n) is 5.89. The molecule has 4 rings (SSSR count). The molecule has 0 unspecified atom stereocenters. The topological polar surface area (TPSA) is 102 Å². The van der Waals surface area contributed by atoms with Crippen LogP contribution in [0.2, 0.25) is 0 Å². The van der Waals surface area contributed by atoms with Crippen LogP contribution in [0.25, 0.3) is 0 Å². The Bertz CT molecular complexity index is 1160. The number of nitro benzene ring substituents is 1. The van der Waals surface area contributed by atoms with Crippen LogP contribution in [-0.2, 0) is 24.9 Å². The van der Waals surface area contributed by atoms with E-state index in [-0.39, 0.29) is 42.2 Å². The minimum absolute atomic E-state index is 0.0395. The summed E-state index contributed by atoms with van der Waals surface area (Å²) in [4.78, 5) is 40.7. The fourth-order valence-electron chi connectivity index (χ4n) is 3.78. The molecule has 9 nitrogen and oxygen atoms in total. The lowest BCUT2D eigenvalue weighted by atomic mass is 10.1. The molecule has 9 heteroatoms.